The number of nitrogens with zero attached hydrogens (tertiary/aromatic N) is 1. The fraction of sp³-hybridized carbons (Fsp3) is 0.278. The van der Waals surface area contributed by atoms with Crippen molar-refractivity contribution in [1.29, 1.82) is 0 Å². The van der Waals surface area contributed by atoms with Crippen molar-refractivity contribution in [2.24, 2.45) is 0 Å². The van der Waals surface area contributed by atoms with Crippen molar-refractivity contribution in [3.8, 4) is 5.75 Å². The second kappa shape index (κ2) is 6.10. The average Bonchev–Trinajstić information content (AvgIpc) is 2.53. The van der Waals surface area contributed by atoms with Crippen LogP contribution >= 0.6 is 0 Å². The van der Waals surface area contributed by atoms with Gasteiger partial charge in [-0.15, -0.1) is 0 Å². The number of carbonyl (C=O) groups is 1. The summed E-state index contributed by atoms with van der Waals surface area (Å²) < 4.78 is 5.81. The van der Waals surface area contributed by atoms with E-state index in [0.717, 1.165) is 22.6 Å². The maximum absolute atomic E-state index is 12.6. The van der Waals surface area contributed by atoms with E-state index < -0.39 is 0 Å². The Morgan fingerprint density at radius 1 is 1.27 bits per heavy atom. The van der Waals surface area contributed by atoms with Crippen LogP contribution in [-0.4, -0.2) is 18.7 Å². The zero-order valence-corrected chi connectivity index (χ0v) is 12.9. The Labute approximate surface area is 130 Å². The van der Waals surface area contributed by atoms with Gasteiger partial charge in [-0.25, -0.2) is 4.79 Å². The molecule has 0 aliphatic carbocycles. The first-order chi connectivity index (χ1) is 10.6. The SMILES string of the molecule is Cc1ccc2c(c1)N(C(=O)NCc1ccccc1)CC(C)O2. The summed E-state index contributed by atoms with van der Waals surface area (Å²) in [5.41, 5.74) is 3.03. The van der Waals surface area contributed by atoms with E-state index in [2.05, 4.69) is 5.32 Å². The molecule has 1 unspecified atom stereocenters. The molecule has 0 saturated carbocycles. The third kappa shape index (κ3) is 3.06. The Hall–Kier alpha value is -2.49. The van der Waals surface area contributed by atoms with Gasteiger partial charge in [0.25, 0.3) is 0 Å². The molecular weight excluding hydrogens is 276 g/mol. The summed E-state index contributed by atoms with van der Waals surface area (Å²) in [4.78, 5) is 14.3. The lowest BCUT2D eigenvalue weighted by atomic mass is 10.1. The molecule has 1 N–H and O–H groups in total. The van der Waals surface area contributed by atoms with Gasteiger partial charge in [-0.3, -0.25) is 4.90 Å². The molecule has 1 aliphatic heterocycles. The van der Waals surface area contributed by atoms with E-state index in [1.807, 2.05) is 62.4 Å². The van der Waals surface area contributed by atoms with Crippen LogP contribution in [0.5, 0.6) is 5.75 Å². The Kier molecular flexibility index (Phi) is 4.00. The van der Waals surface area contributed by atoms with Crippen LogP contribution in [0, 0.1) is 6.92 Å². The van der Waals surface area contributed by atoms with Gasteiger partial charge < -0.3 is 10.1 Å². The summed E-state index contributed by atoms with van der Waals surface area (Å²) in [6.07, 6.45) is -0.0160. The molecule has 2 aromatic rings. The topological polar surface area (TPSA) is 41.6 Å². The highest BCUT2D eigenvalue weighted by Gasteiger charge is 2.27. The number of urea groups is 1. The van der Waals surface area contributed by atoms with Crippen LogP contribution < -0.4 is 15.0 Å². The van der Waals surface area contributed by atoms with Crippen LogP contribution in [0.4, 0.5) is 10.5 Å². The highest BCUT2D eigenvalue weighted by molar-refractivity contribution is 5.94. The molecular formula is C18H20N2O2. The Bertz CT molecular complexity index is 670. The fourth-order valence-corrected chi connectivity index (χ4v) is 2.61. The number of rotatable bonds is 2. The van der Waals surface area contributed by atoms with Crippen LogP contribution in [0.1, 0.15) is 18.1 Å². The zero-order valence-electron chi connectivity index (χ0n) is 12.9. The second-order valence-electron chi connectivity index (χ2n) is 5.65. The van der Waals surface area contributed by atoms with Crippen LogP contribution in [0.25, 0.3) is 0 Å². The minimum Gasteiger partial charge on any atom is -0.487 e. The standard InChI is InChI=1S/C18H20N2O2/c1-13-8-9-17-16(10-13)20(12-14(2)22-17)18(21)19-11-15-6-4-3-5-7-15/h3-10,14H,11-12H2,1-2H3,(H,19,21). The van der Waals surface area contributed by atoms with Gasteiger partial charge in [0.15, 0.2) is 0 Å². The van der Waals surface area contributed by atoms with Gasteiger partial charge in [0.05, 0.1) is 12.2 Å². The number of hydrogen-bond acceptors (Lipinski definition) is 2. The molecule has 2 amide bonds. The fourth-order valence-electron chi connectivity index (χ4n) is 2.61. The summed E-state index contributed by atoms with van der Waals surface area (Å²) in [6, 6.07) is 15.7. The van der Waals surface area contributed by atoms with Gasteiger partial charge >= 0.3 is 6.03 Å². The van der Waals surface area contributed by atoms with Crippen molar-refractivity contribution < 1.29 is 9.53 Å². The van der Waals surface area contributed by atoms with E-state index in [9.17, 15) is 4.79 Å². The molecule has 1 heterocycles. The predicted octanol–water partition coefficient (Wildman–Crippen LogP) is 3.49. The summed E-state index contributed by atoms with van der Waals surface area (Å²) in [7, 11) is 0. The van der Waals surface area contributed by atoms with Crippen molar-refractivity contribution in [1.82, 2.24) is 5.32 Å². The van der Waals surface area contributed by atoms with Crippen molar-refractivity contribution in [3.05, 3.63) is 59.7 Å². The van der Waals surface area contributed by atoms with E-state index in [1.165, 1.54) is 0 Å². The predicted molar refractivity (Wildman–Crippen MR) is 87.3 cm³/mol. The zero-order chi connectivity index (χ0) is 15.5. The highest BCUT2D eigenvalue weighted by Crippen LogP contribution is 2.34. The van der Waals surface area contributed by atoms with Crippen LogP contribution in [0.2, 0.25) is 0 Å². The van der Waals surface area contributed by atoms with Crippen LogP contribution in [-0.2, 0) is 6.54 Å². The minimum absolute atomic E-state index is 0.0160. The molecule has 22 heavy (non-hydrogen) atoms. The second-order valence-corrected chi connectivity index (χ2v) is 5.65. The maximum Gasteiger partial charge on any atom is 0.322 e. The van der Waals surface area contributed by atoms with Gasteiger partial charge in [-0.2, -0.15) is 0 Å². The van der Waals surface area contributed by atoms with Crippen molar-refractivity contribution >= 4 is 11.7 Å². The largest absolute Gasteiger partial charge is 0.487 e. The summed E-state index contributed by atoms with van der Waals surface area (Å²) >= 11 is 0. The van der Waals surface area contributed by atoms with Crippen molar-refractivity contribution in [2.75, 3.05) is 11.4 Å². The lowest BCUT2D eigenvalue weighted by Crippen LogP contribution is -2.47. The monoisotopic (exact) mass is 296 g/mol. The number of nitrogens with one attached hydrogen (secondary N) is 1. The molecule has 4 heteroatoms. The van der Waals surface area contributed by atoms with Gasteiger partial charge in [-0.05, 0) is 37.1 Å². The summed E-state index contributed by atoms with van der Waals surface area (Å²) in [5.74, 6) is 0.763. The minimum atomic E-state index is -0.0918. The number of ether oxygens (including phenoxy) is 1. The normalized spacial score (nSPS) is 16.6. The van der Waals surface area contributed by atoms with Crippen LogP contribution in [0.3, 0.4) is 0 Å². The Balaban J connectivity index is 1.76. The molecule has 3 rings (SSSR count). The first-order valence-corrected chi connectivity index (χ1v) is 7.50. The van der Waals surface area contributed by atoms with E-state index in [0.29, 0.717) is 13.1 Å². The molecule has 0 fully saturated rings. The van der Waals surface area contributed by atoms with Crippen molar-refractivity contribution in [3.63, 3.8) is 0 Å². The number of amides is 2. The molecule has 0 spiro atoms. The number of fused-ring (bicyclic) bond motifs is 1. The Morgan fingerprint density at radius 3 is 2.82 bits per heavy atom. The van der Waals surface area contributed by atoms with Gasteiger partial charge in [0.1, 0.15) is 11.9 Å². The van der Waals surface area contributed by atoms with E-state index >= 15 is 0 Å². The Morgan fingerprint density at radius 2 is 2.05 bits per heavy atom. The quantitative estimate of drug-likeness (QED) is 0.921. The van der Waals surface area contributed by atoms with Crippen molar-refractivity contribution in [2.45, 2.75) is 26.5 Å². The molecule has 0 saturated heterocycles. The summed E-state index contributed by atoms with van der Waals surface area (Å²) in [5, 5.41) is 2.98. The molecule has 2 aromatic carbocycles. The third-order valence-corrected chi connectivity index (χ3v) is 3.70. The first kappa shape index (κ1) is 14.4. The molecule has 1 atom stereocenters. The lowest BCUT2D eigenvalue weighted by Gasteiger charge is -2.33. The summed E-state index contributed by atoms with van der Waals surface area (Å²) in [6.45, 7) is 5.06. The number of anilines is 1. The number of aryl methyl sites for hydroxylation is 1. The highest BCUT2D eigenvalue weighted by atomic mass is 16.5. The van der Waals surface area contributed by atoms with Gasteiger partial charge in [0.2, 0.25) is 0 Å². The van der Waals surface area contributed by atoms with Crippen LogP contribution in [0.15, 0.2) is 48.5 Å². The number of carbonyl (C=O) groups excluding carboxylic acids is 1. The molecule has 4 nitrogen and oxygen atoms in total. The number of benzene rings is 2. The third-order valence-electron chi connectivity index (χ3n) is 3.70. The van der Waals surface area contributed by atoms with E-state index in [4.69, 9.17) is 4.74 Å². The molecule has 0 aromatic heterocycles. The van der Waals surface area contributed by atoms with Gasteiger partial charge in [0, 0.05) is 6.54 Å². The average molecular weight is 296 g/mol. The van der Waals surface area contributed by atoms with E-state index in [-0.39, 0.29) is 12.1 Å². The number of hydrogen-bond donors (Lipinski definition) is 1. The van der Waals surface area contributed by atoms with E-state index in [1.54, 1.807) is 4.90 Å². The first-order valence-electron chi connectivity index (χ1n) is 7.50. The molecule has 1 aliphatic rings. The van der Waals surface area contributed by atoms with Gasteiger partial charge in [-0.1, -0.05) is 36.4 Å². The molecule has 0 bridgehead atoms. The lowest BCUT2D eigenvalue weighted by molar-refractivity contribution is 0.205. The maximum atomic E-state index is 12.6. The molecule has 0 radical (unpaired) electrons. The molecule has 114 valence electrons. The smallest absolute Gasteiger partial charge is 0.322 e.